The van der Waals surface area contributed by atoms with Crippen molar-refractivity contribution in [2.75, 3.05) is 6.54 Å². The normalized spacial score (nSPS) is 22.0. The number of hydrogen-bond donors (Lipinski definition) is 1. The van der Waals surface area contributed by atoms with Crippen LogP contribution in [-0.4, -0.2) is 54.5 Å². The van der Waals surface area contributed by atoms with Crippen LogP contribution in [-0.2, 0) is 6.61 Å². The zero-order chi connectivity index (χ0) is 21.4. The summed E-state index contributed by atoms with van der Waals surface area (Å²) in [4.78, 5) is 32.8. The zero-order valence-corrected chi connectivity index (χ0v) is 17.2. The number of rotatable bonds is 5. The van der Waals surface area contributed by atoms with E-state index in [0.29, 0.717) is 35.4 Å². The summed E-state index contributed by atoms with van der Waals surface area (Å²) in [5.41, 5.74) is 2.70. The first-order chi connectivity index (χ1) is 15.1. The number of fused-ring (bicyclic) bond motifs is 2. The van der Waals surface area contributed by atoms with Crippen molar-refractivity contribution in [1.29, 1.82) is 0 Å². The Morgan fingerprint density at radius 1 is 1.16 bits per heavy atom. The van der Waals surface area contributed by atoms with Gasteiger partial charge in [0.15, 0.2) is 5.82 Å². The summed E-state index contributed by atoms with van der Waals surface area (Å²) < 4.78 is 6.14. The van der Waals surface area contributed by atoms with Gasteiger partial charge in [-0.15, -0.1) is 0 Å². The molecule has 2 aliphatic rings. The van der Waals surface area contributed by atoms with Crippen LogP contribution in [0.15, 0.2) is 49.1 Å². The second-order valence-corrected chi connectivity index (χ2v) is 8.16. The van der Waals surface area contributed by atoms with E-state index in [9.17, 15) is 9.90 Å². The van der Waals surface area contributed by atoms with E-state index in [1.807, 2.05) is 17.9 Å². The molecule has 3 aromatic rings. The Morgan fingerprint density at radius 3 is 2.77 bits per heavy atom. The lowest BCUT2D eigenvalue weighted by Crippen LogP contribution is -2.47. The molecule has 8 heteroatoms. The van der Waals surface area contributed by atoms with Crippen molar-refractivity contribution >= 4 is 5.91 Å². The fourth-order valence-electron chi connectivity index (χ4n) is 4.58. The largest absolute Gasteiger partial charge is 0.472 e. The molecule has 4 heterocycles. The van der Waals surface area contributed by atoms with Gasteiger partial charge in [-0.1, -0.05) is 0 Å². The Balaban J connectivity index is 1.41. The molecule has 1 saturated heterocycles. The topological polar surface area (TPSA) is 101 Å². The molecule has 31 heavy (non-hydrogen) atoms. The van der Waals surface area contributed by atoms with Crippen molar-refractivity contribution in [3.63, 3.8) is 0 Å². The molecule has 3 aromatic heterocycles. The predicted molar refractivity (Wildman–Crippen MR) is 112 cm³/mol. The van der Waals surface area contributed by atoms with Gasteiger partial charge in [0.05, 0.1) is 18.2 Å². The highest BCUT2D eigenvalue weighted by molar-refractivity contribution is 5.98. The number of aliphatic hydroxyl groups excluding tert-OH is 1. The maximum atomic E-state index is 13.5. The second kappa shape index (κ2) is 8.03. The van der Waals surface area contributed by atoms with E-state index in [4.69, 9.17) is 4.74 Å². The first-order valence-corrected chi connectivity index (χ1v) is 10.4. The number of likely N-dealkylation sites (tertiary alicyclic amines) is 1. The quantitative estimate of drug-likeness (QED) is 0.680. The number of aromatic nitrogens is 4. The van der Waals surface area contributed by atoms with Crippen LogP contribution in [0.1, 0.15) is 34.5 Å². The molecule has 2 fully saturated rings. The fourth-order valence-corrected chi connectivity index (χ4v) is 4.58. The highest BCUT2D eigenvalue weighted by Crippen LogP contribution is 2.40. The molecule has 1 saturated carbocycles. The molecule has 1 amide bonds. The summed E-state index contributed by atoms with van der Waals surface area (Å²) in [5.74, 6) is 1.23. The van der Waals surface area contributed by atoms with E-state index < -0.39 is 0 Å². The molecular weight excluding hydrogens is 394 g/mol. The molecular formula is C23H23N5O3. The van der Waals surface area contributed by atoms with Crippen molar-refractivity contribution in [1.82, 2.24) is 24.8 Å². The maximum Gasteiger partial charge on any atom is 0.273 e. The van der Waals surface area contributed by atoms with E-state index in [1.165, 1.54) is 0 Å². The van der Waals surface area contributed by atoms with Gasteiger partial charge < -0.3 is 14.7 Å². The molecule has 8 nitrogen and oxygen atoms in total. The smallest absolute Gasteiger partial charge is 0.273 e. The summed E-state index contributed by atoms with van der Waals surface area (Å²) in [6.07, 6.45) is 8.30. The van der Waals surface area contributed by atoms with Crippen molar-refractivity contribution in [2.24, 2.45) is 5.92 Å². The third kappa shape index (κ3) is 3.74. The molecule has 5 rings (SSSR count). The highest BCUT2D eigenvalue weighted by Gasteiger charge is 2.49. The molecule has 3 atom stereocenters. The lowest BCUT2D eigenvalue weighted by Gasteiger charge is -2.33. The van der Waals surface area contributed by atoms with Crippen LogP contribution in [0.4, 0.5) is 0 Å². The van der Waals surface area contributed by atoms with E-state index in [2.05, 4.69) is 19.9 Å². The molecule has 0 spiro atoms. The Kier molecular flexibility index (Phi) is 5.07. The average molecular weight is 417 g/mol. The molecule has 1 aliphatic carbocycles. The summed E-state index contributed by atoms with van der Waals surface area (Å²) >= 11 is 0. The third-order valence-corrected chi connectivity index (χ3v) is 5.97. The highest BCUT2D eigenvalue weighted by atomic mass is 16.5. The van der Waals surface area contributed by atoms with Crippen LogP contribution in [0.3, 0.4) is 0 Å². The van der Waals surface area contributed by atoms with Crippen LogP contribution in [0, 0.1) is 12.8 Å². The molecule has 0 aromatic carbocycles. The number of carbonyl (C=O) groups is 1. The summed E-state index contributed by atoms with van der Waals surface area (Å²) in [7, 11) is 0. The summed E-state index contributed by atoms with van der Waals surface area (Å²) in [5, 5.41) is 9.36. The Morgan fingerprint density at radius 2 is 2.00 bits per heavy atom. The van der Waals surface area contributed by atoms with Crippen LogP contribution in [0.2, 0.25) is 0 Å². The molecule has 1 N–H and O–H groups in total. The standard InChI is InChI=1S/C23H23N5O3/c1-14-7-17(22-25-4-2-5-26-22)21(27-11-14)23(30)28-12-16-8-18(28)19(9-16)31-20-10-15(13-29)3-6-24-20/h2-7,10-11,16,18-19,29H,8-9,12-13H2,1H3. The van der Waals surface area contributed by atoms with Gasteiger partial charge in [0, 0.05) is 37.4 Å². The third-order valence-electron chi connectivity index (χ3n) is 5.97. The van der Waals surface area contributed by atoms with Crippen LogP contribution in [0.25, 0.3) is 11.4 Å². The van der Waals surface area contributed by atoms with Crippen molar-refractivity contribution in [3.8, 4) is 17.3 Å². The van der Waals surface area contributed by atoms with Gasteiger partial charge in [0.25, 0.3) is 5.91 Å². The number of ether oxygens (including phenoxy) is 1. The number of piperidine rings is 1. The number of hydrogen-bond acceptors (Lipinski definition) is 7. The van der Waals surface area contributed by atoms with Gasteiger partial charge >= 0.3 is 0 Å². The average Bonchev–Trinajstić information content (AvgIpc) is 3.40. The molecule has 1 aliphatic heterocycles. The minimum Gasteiger partial charge on any atom is -0.472 e. The number of aryl methyl sites for hydroxylation is 1. The van der Waals surface area contributed by atoms with Crippen molar-refractivity contribution in [3.05, 3.63) is 65.9 Å². The number of aliphatic hydroxyl groups is 1. The van der Waals surface area contributed by atoms with Gasteiger partial charge in [0.1, 0.15) is 11.8 Å². The van der Waals surface area contributed by atoms with Gasteiger partial charge in [-0.25, -0.2) is 15.0 Å². The minimum atomic E-state index is -0.133. The van der Waals surface area contributed by atoms with E-state index >= 15 is 0 Å². The number of carbonyl (C=O) groups excluding carboxylic acids is 1. The first-order valence-electron chi connectivity index (χ1n) is 10.4. The number of pyridine rings is 2. The summed E-state index contributed by atoms with van der Waals surface area (Å²) in [6, 6.07) is 7.10. The Bertz CT molecular complexity index is 1110. The number of nitrogens with zero attached hydrogens (tertiary/aromatic N) is 5. The van der Waals surface area contributed by atoms with Gasteiger partial charge in [0.2, 0.25) is 5.88 Å². The van der Waals surface area contributed by atoms with Crippen LogP contribution in [0.5, 0.6) is 5.88 Å². The lowest BCUT2D eigenvalue weighted by atomic mass is 10.1. The van der Waals surface area contributed by atoms with Crippen LogP contribution < -0.4 is 4.74 Å². The fraction of sp³-hybridized carbons (Fsp3) is 0.348. The monoisotopic (exact) mass is 417 g/mol. The second-order valence-electron chi connectivity index (χ2n) is 8.16. The number of amides is 1. The molecule has 0 radical (unpaired) electrons. The van der Waals surface area contributed by atoms with Gasteiger partial charge in [-0.05, 0) is 55.0 Å². The Hall–Kier alpha value is -3.39. The van der Waals surface area contributed by atoms with Crippen molar-refractivity contribution in [2.45, 2.75) is 38.5 Å². The predicted octanol–water partition coefficient (Wildman–Crippen LogP) is 2.42. The van der Waals surface area contributed by atoms with Gasteiger partial charge in [-0.3, -0.25) is 9.78 Å². The minimum absolute atomic E-state index is 0.0373. The molecule has 2 bridgehead atoms. The Labute approximate surface area is 180 Å². The first kappa shape index (κ1) is 19.6. The molecule has 3 unspecified atom stereocenters. The lowest BCUT2D eigenvalue weighted by molar-refractivity contribution is 0.0461. The zero-order valence-electron chi connectivity index (χ0n) is 17.2. The van der Waals surface area contributed by atoms with Gasteiger partial charge in [-0.2, -0.15) is 0 Å². The molecule has 158 valence electrons. The SMILES string of the molecule is Cc1cnc(C(=O)N2CC3CC(Oc4cc(CO)ccn4)C2C3)c(-c2ncccn2)c1. The van der Waals surface area contributed by atoms with E-state index in [0.717, 1.165) is 24.0 Å². The van der Waals surface area contributed by atoms with E-state index in [1.54, 1.807) is 43.0 Å². The van der Waals surface area contributed by atoms with Crippen LogP contribution >= 0.6 is 0 Å². The maximum absolute atomic E-state index is 13.5. The van der Waals surface area contributed by atoms with E-state index in [-0.39, 0.29) is 24.7 Å². The van der Waals surface area contributed by atoms with Crippen molar-refractivity contribution < 1.29 is 14.6 Å². The summed E-state index contributed by atoms with van der Waals surface area (Å²) in [6.45, 7) is 2.56.